The van der Waals surface area contributed by atoms with Crippen LogP contribution in [0.5, 0.6) is 11.5 Å². The van der Waals surface area contributed by atoms with Crippen LogP contribution in [0.3, 0.4) is 0 Å². The summed E-state index contributed by atoms with van der Waals surface area (Å²) in [6.45, 7) is 2.53. The van der Waals surface area contributed by atoms with Crippen LogP contribution in [0, 0.1) is 6.92 Å². The van der Waals surface area contributed by atoms with Crippen molar-refractivity contribution >= 4 is 16.8 Å². The first-order valence-corrected chi connectivity index (χ1v) is 9.29. The van der Waals surface area contributed by atoms with Crippen LogP contribution in [0.2, 0.25) is 0 Å². The topological polar surface area (TPSA) is 73.6 Å². The Balaban J connectivity index is 1.57. The van der Waals surface area contributed by atoms with Crippen LogP contribution < -0.4 is 14.8 Å². The van der Waals surface area contributed by atoms with E-state index in [1.165, 1.54) is 0 Å². The van der Waals surface area contributed by atoms with Crippen LogP contribution in [0.25, 0.3) is 22.2 Å². The number of fused-ring (bicyclic) bond motifs is 2. The number of aromatic nitrogens is 1. The lowest BCUT2D eigenvalue weighted by Gasteiger charge is -2.11. The number of carbonyl (C=O) groups excluding carboxylic acids is 1. The smallest absolute Gasteiger partial charge is 0.252 e. The van der Waals surface area contributed by atoms with Crippen molar-refractivity contribution in [2.75, 3.05) is 6.79 Å². The molecule has 0 bridgehead atoms. The lowest BCUT2D eigenvalue weighted by atomic mass is 10.0. The van der Waals surface area contributed by atoms with Crippen molar-refractivity contribution in [2.24, 2.45) is 0 Å². The SMILES string of the molecule is Cc1ccc2nc(-c3ccc4c(c3)OCO4)cc(C(=O)NCc3ccco3)c2c1. The number of furan rings is 1. The van der Waals surface area contributed by atoms with Gasteiger partial charge in [-0.05, 0) is 55.5 Å². The molecule has 1 aliphatic rings. The second kappa shape index (κ2) is 6.98. The number of amides is 1. The lowest BCUT2D eigenvalue weighted by Crippen LogP contribution is -2.23. The monoisotopic (exact) mass is 386 g/mol. The zero-order valence-electron chi connectivity index (χ0n) is 15.8. The molecule has 2 aromatic carbocycles. The molecule has 0 radical (unpaired) electrons. The minimum atomic E-state index is -0.179. The van der Waals surface area contributed by atoms with Gasteiger partial charge < -0.3 is 19.2 Å². The van der Waals surface area contributed by atoms with Crippen molar-refractivity contribution in [1.82, 2.24) is 10.3 Å². The summed E-state index contributed by atoms with van der Waals surface area (Å²) in [5, 5.41) is 3.74. The Morgan fingerprint density at radius 1 is 1.07 bits per heavy atom. The first-order chi connectivity index (χ1) is 14.2. The van der Waals surface area contributed by atoms with Gasteiger partial charge in [0.1, 0.15) is 5.76 Å². The summed E-state index contributed by atoms with van der Waals surface area (Å²) in [5.74, 6) is 1.91. The van der Waals surface area contributed by atoms with Gasteiger partial charge in [0.2, 0.25) is 6.79 Å². The van der Waals surface area contributed by atoms with Crippen LogP contribution in [0.15, 0.2) is 65.3 Å². The van der Waals surface area contributed by atoms with Crippen molar-refractivity contribution in [3.05, 3.63) is 77.7 Å². The molecule has 29 heavy (non-hydrogen) atoms. The number of hydrogen-bond acceptors (Lipinski definition) is 5. The summed E-state index contributed by atoms with van der Waals surface area (Å²) in [4.78, 5) is 17.8. The first-order valence-electron chi connectivity index (χ1n) is 9.29. The highest BCUT2D eigenvalue weighted by molar-refractivity contribution is 6.07. The molecule has 0 saturated heterocycles. The molecule has 6 heteroatoms. The Hall–Kier alpha value is -3.80. The van der Waals surface area contributed by atoms with Crippen LogP contribution >= 0.6 is 0 Å². The molecule has 1 aliphatic heterocycles. The number of carbonyl (C=O) groups is 1. The molecule has 3 heterocycles. The average Bonchev–Trinajstić information content (AvgIpc) is 3.42. The number of rotatable bonds is 4. The molecule has 0 atom stereocenters. The molecule has 0 aliphatic carbocycles. The number of ether oxygens (including phenoxy) is 2. The maximum atomic E-state index is 13.0. The molecular weight excluding hydrogens is 368 g/mol. The molecule has 1 N–H and O–H groups in total. The van der Waals surface area contributed by atoms with Gasteiger partial charge in [0.25, 0.3) is 5.91 Å². The zero-order chi connectivity index (χ0) is 19.8. The molecule has 0 saturated carbocycles. The van der Waals surface area contributed by atoms with Crippen LogP contribution in [-0.4, -0.2) is 17.7 Å². The van der Waals surface area contributed by atoms with Crippen molar-refractivity contribution in [3.63, 3.8) is 0 Å². The third kappa shape index (κ3) is 3.29. The summed E-state index contributed by atoms with van der Waals surface area (Å²) >= 11 is 0. The fraction of sp³-hybridized carbons (Fsp3) is 0.130. The second-order valence-electron chi connectivity index (χ2n) is 6.91. The van der Waals surface area contributed by atoms with Crippen LogP contribution in [0.1, 0.15) is 21.7 Å². The number of aryl methyl sites for hydroxylation is 1. The van der Waals surface area contributed by atoms with Gasteiger partial charge in [0, 0.05) is 10.9 Å². The zero-order valence-corrected chi connectivity index (χ0v) is 15.8. The molecule has 0 fully saturated rings. The number of pyridine rings is 1. The maximum absolute atomic E-state index is 13.0. The van der Waals surface area contributed by atoms with E-state index in [-0.39, 0.29) is 12.7 Å². The fourth-order valence-electron chi connectivity index (χ4n) is 3.41. The summed E-state index contributed by atoms with van der Waals surface area (Å²) in [6, 6.07) is 17.0. The minimum absolute atomic E-state index is 0.179. The van der Waals surface area contributed by atoms with Gasteiger partial charge in [-0.15, -0.1) is 0 Å². The number of benzene rings is 2. The Kier molecular flexibility index (Phi) is 4.17. The quantitative estimate of drug-likeness (QED) is 0.560. The van der Waals surface area contributed by atoms with Crippen molar-refractivity contribution < 1.29 is 18.7 Å². The molecule has 144 valence electrons. The number of nitrogens with one attached hydrogen (secondary N) is 1. The largest absolute Gasteiger partial charge is 0.467 e. The van der Waals surface area contributed by atoms with Gasteiger partial charge in [-0.1, -0.05) is 11.6 Å². The van der Waals surface area contributed by atoms with Gasteiger partial charge in [-0.3, -0.25) is 4.79 Å². The van der Waals surface area contributed by atoms with E-state index in [0.29, 0.717) is 35.1 Å². The van der Waals surface area contributed by atoms with E-state index >= 15 is 0 Å². The predicted molar refractivity (Wildman–Crippen MR) is 108 cm³/mol. The Bertz CT molecular complexity index is 1220. The van der Waals surface area contributed by atoms with Gasteiger partial charge in [-0.25, -0.2) is 4.98 Å². The number of nitrogens with zero attached hydrogens (tertiary/aromatic N) is 1. The molecule has 0 spiro atoms. The third-order valence-electron chi connectivity index (χ3n) is 4.88. The van der Waals surface area contributed by atoms with Gasteiger partial charge >= 0.3 is 0 Å². The molecular formula is C23H18N2O4. The summed E-state index contributed by atoms with van der Waals surface area (Å²) in [6.07, 6.45) is 1.59. The van der Waals surface area contributed by atoms with Gasteiger partial charge in [0.15, 0.2) is 11.5 Å². The predicted octanol–water partition coefficient (Wildman–Crippen LogP) is 4.46. The van der Waals surface area contributed by atoms with Crippen LogP contribution in [-0.2, 0) is 6.54 Å². The van der Waals surface area contributed by atoms with Gasteiger partial charge in [-0.2, -0.15) is 0 Å². The first kappa shape index (κ1) is 17.3. The Morgan fingerprint density at radius 2 is 1.97 bits per heavy atom. The summed E-state index contributed by atoms with van der Waals surface area (Å²) < 4.78 is 16.2. The second-order valence-corrected chi connectivity index (χ2v) is 6.91. The van der Waals surface area contributed by atoms with E-state index in [0.717, 1.165) is 22.0 Å². The summed E-state index contributed by atoms with van der Waals surface area (Å²) in [7, 11) is 0. The highest BCUT2D eigenvalue weighted by Gasteiger charge is 2.18. The molecule has 4 aromatic rings. The highest BCUT2D eigenvalue weighted by atomic mass is 16.7. The van der Waals surface area contributed by atoms with E-state index in [1.54, 1.807) is 12.3 Å². The van der Waals surface area contributed by atoms with Gasteiger partial charge in [0.05, 0.1) is 29.6 Å². The van der Waals surface area contributed by atoms with E-state index in [9.17, 15) is 4.79 Å². The molecule has 0 unspecified atom stereocenters. The third-order valence-corrected chi connectivity index (χ3v) is 4.88. The molecule has 2 aromatic heterocycles. The van der Waals surface area contributed by atoms with E-state index in [2.05, 4.69) is 5.32 Å². The van der Waals surface area contributed by atoms with E-state index in [1.807, 2.05) is 55.5 Å². The minimum Gasteiger partial charge on any atom is -0.467 e. The maximum Gasteiger partial charge on any atom is 0.252 e. The van der Waals surface area contributed by atoms with Crippen molar-refractivity contribution in [3.8, 4) is 22.8 Å². The average molecular weight is 386 g/mol. The molecule has 6 nitrogen and oxygen atoms in total. The van der Waals surface area contributed by atoms with E-state index in [4.69, 9.17) is 18.9 Å². The van der Waals surface area contributed by atoms with Crippen molar-refractivity contribution in [1.29, 1.82) is 0 Å². The lowest BCUT2D eigenvalue weighted by molar-refractivity contribution is 0.0949. The summed E-state index contributed by atoms with van der Waals surface area (Å²) in [5.41, 5.74) is 3.95. The standard InChI is InChI=1S/C23H18N2O4/c1-14-4-6-19-17(9-14)18(23(26)24-12-16-3-2-8-27-16)11-20(25-19)15-5-7-21-22(10-15)29-13-28-21/h2-11H,12-13H2,1H3,(H,24,26). The molecule has 1 amide bonds. The van der Waals surface area contributed by atoms with Crippen molar-refractivity contribution in [2.45, 2.75) is 13.5 Å². The molecule has 5 rings (SSSR count). The Labute approximate surface area is 167 Å². The fourth-order valence-corrected chi connectivity index (χ4v) is 3.41. The van der Waals surface area contributed by atoms with Crippen LogP contribution in [0.4, 0.5) is 0 Å². The number of hydrogen-bond donors (Lipinski definition) is 1. The van der Waals surface area contributed by atoms with E-state index < -0.39 is 0 Å². The highest BCUT2D eigenvalue weighted by Crippen LogP contribution is 2.36. The normalized spacial score (nSPS) is 12.3. The Morgan fingerprint density at radius 3 is 2.83 bits per heavy atom.